The molecule has 0 saturated heterocycles. The molecule has 0 saturated carbocycles. The Balaban J connectivity index is 1.10. The Labute approximate surface area is 411 Å². The number of benzene rings is 6. The lowest BCUT2D eigenvalue weighted by Crippen LogP contribution is -2.30. The van der Waals surface area contributed by atoms with Gasteiger partial charge in [-0.25, -0.2) is 19.9 Å². The molecule has 6 heterocycles. The molecule has 0 spiro atoms. The van der Waals surface area contributed by atoms with Gasteiger partial charge in [-0.2, -0.15) is 0 Å². The lowest BCUT2D eigenvalue weighted by Gasteiger charge is -2.36. The van der Waals surface area contributed by atoms with Crippen LogP contribution in [0.15, 0.2) is 139 Å². The van der Waals surface area contributed by atoms with Gasteiger partial charge in [-0.3, -0.25) is 0 Å². The first-order chi connectivity index (χ1) is 32.7. The first-order valence-electron chi connectivity index (χ1n) is 22.3. The lowest BCUT2D eigenvalue weighted by molar-refractivity contribution is 0.761. The Morgan fingerprint density at radius 2 is 0.955 bits per heavy atom. The average molecular weight is 971 g/mol. The van der Waals surface area contributed by atoms with E-state index in [1.54, 1.807) is 45.3 Å². The fourth-order valence-electron chi connectivity index (χ4n) is 11.0. The molecule has 0 unspecified atom stereocenters. The molecule has 10 heteroatoms. The Hall–Kier alpha value is -5.98. The second-order valence-corrected chi connectivity index (χ2v) is 24.2. The second kappa shape index (κ2) is 14.5. The zero-order valence-corrected chi connectivity index (χ0v) is 41.9. The van der Waals surface area contributed by atoms with E-state index in [0.717, 1.165) is 39.9 Å². The van der Waals surface area contributed by atoms with Crippen LogP contribution in [0.2, 0.25) is 0 Å². The third-order valence-corrected chi connectivity index (χ3v) is 20.5. The zero-order chi connectivity index (χ0) is 44.9. The molecule has 0 atom stereocenters. The summed E-state index contributed by atoms with van der Waals surface area (Å²) in [4.78, 5) is 26.3. The van der Waals surface area contributed by atoms with Gasteiger partial charge in [-0.15, -0.1) is 34.0 Å². The maximum atomic E-state index is 5.15. The van der Waals surface area contributed by atoms with E-state index in [2.05, 4.69) is 173 Å². The van der Waals surface area contributed by atoms with E-state index in [1.165, 1.54) is 103 Å². The molecule has 2 aliphatic carbocycles. The minimum Gasteiger partial charge on any atom is -0.232 e. The fourth-order valence-corrected chi connectivity index (χ4v) is 17.5. The molecule has 6 aromatic carbocycles. The van der Waals surface area contributed by atoms with Crippen LogP contribution in [0.5, 0.6) is 0 Å². The van der Waals surface area contributed by atoms with Crippen molar-refractivity contribution in [3.8, 4) is 42.0 Å². The number of fused-ring (bicyclic) bond motifs is 10. The molecule has 0 radical (unpaired) electrons. The molecule has 0 amide bonds. The van der Waals surface area contributed by atoms with Gasteiger partial charge in [0.15, 0.2) is 19.3 Å². The van der Waals surface area contributed by atoms with Crippen molar-refractivity contribution in [2.45, 2.75) is 45.4 Å². The van der Waals surface area contributed by atoms with Crippen LogP contribution in [0, 0.1) is 34.6 Å². The standard InChI is InChI=1S/C57H38N4S6/c1-29-6-15-35(16-7-29)56(36-17-8-30(2)9-18-36)42-24-34(50-60-53-52(66-50)58-28-62-53)14-23-39(42)40-25-44-41(26-43(40)56)48-47(57(44,37-19-10-31(3)11-20-37)38-21-12-32(4)13-22-38)49-45(64-48)27-46(65-49)51-61-55-54(67-51)59-33(5)63-55/h6-28H,1-5H3. The summed E-state index contributed by atoms with van der Waals surface area (Å²) in [5.74, 6) is 0. The average Bonchev–Trinajstić information content (AvgIpc) is 4.21. The van der Waals surface area contributed by atoms with E-state index >= 15 is 0 Å². The molecule has 2 aliphatic rings. The topological polar surface area (TPSA) is 51.6 Å². The third-order valence-electron chi connectivity index (χ3n) is 14.1. The van der Waals surface area contributed by atoms with Crippen LogP contribution in [0.1, 0.15) is 71.8 Å². The highest BCUT2D eigenvalue weighted by atomic mass is 32.1. The summed E-state index contributed by atoms with van der Waals surface area (Å²) in [7, 11) is 0. The fraction of sp³-hybridized carbons (Fsp3) is 0.123. The van der Waals surface area contributed by atoms with Crippen molar-refractivity contribution in [3.05, 3.63) is 211 Å². The summed E-state index contributed by atoms with van der Waals surface area (Å²) in [6.07, 6.45) is 0. The molecule has 0 fully saturated rings. The molecule has 67 heavy (non-hydrogen) atoms. The first-order valence-corrected chi connectivity index (χ1v) is 27.3. The summed E-state index contributed by atoms with van der Waals surface area (Å²) in [6, 6.07) is 52.1. The van der Waals surface area contributed by atoms with Gasteiger partial charge in [-0.1, -0.05) is 165 Å². The van der Waals surface area contributed by atoms with Crippen LogP contribution in [0.4, 0.5) is 0 Å². The van der Waals surface area contributed by atoms with Crippen LogP contribution in [0.3, 0.4) is 0 Å². The van der Waals surface area contributed by atoms with E-state index in [1.807, 2.05) is 28.2 Å². The minimum atomic E-state index is -0.616. The van der Waals surface area contributed by atoms with Crippen LogP contribution in [0.25, 0.3) is 70.7 Å². The highest BCUT2D eigenvalue weighted by molar-refractivity contribution is 7.34. The maximum Gasteiger partial charge on any atom is 0.155 e. The Morgan fingerprint density at radius 1 is 0.418 bits per heavy atom. The van der Waals surface area contributed by atoms with Gasteiger partial charge in [0.05, 0.1) is 30.9 Å². The molecular weight excluding hydrogens is 933 g/mol. The molecular formula is C57H38N4S6. The van der Waals surface area contributed by atoms with Crippen LogP contribution < -0.4 is 0 Å². The van der Waals surface area contributed by atoms with Gasteiger partial charge < -0.3 is 0 Å². The molecule has 12 aromatic rings. The van der Waals surface area contributed by atoms with Crippen molar-refractivity contribution in [2.75, 3.05) is 0 Å². The van der Waals surface area contributed by atoms with Crippen molar-refractivity contribution in [1.29, 1.82) is 0 Å². The Morgan fingerprint density at radius 3 is 1.57 bits per heavy atom. The SMILES string of the molecule is Cc1ccc(C2(c3ccc(C)cc3)c3cc(-c4nc5scnc5s4)ccc3-c3cc4c(cc32)-c2sc3cc(-c5nc6sc(C)nc6s5)sc3c2C4(c2ccc(C)cc2)c2ccc(C)cc2)cc1. The number of hydrogen-bond acceptors (Lipinski definition) is 10. The minimum absolute atomic E-state index is 0.595. The molecule has 0 N–H and O–H groups in total. The van der Waals surface area contributed by atoms with Gasteiger partial charge in [0.1, 0.15) is 10.0 Å². The van der Waals surface area contributed by atoms with E-state index in [0.29, 0.717) is 0 Å². The monoisotopic (exact) mass is 970 g/mol. The van der Waals surface area contributed by atoms with Gasteiger partial charge in [-0.05, 0) is 115 Å². The molecule has 14 rings (SSSR count). The van der Waals surface area contributed by atoms with Crippen LogP contribution in [-0.4, -0.2) is 19.9 Å². The summed E-state index contributed by atoms with van der Waals surface area (Å²) in [6.45, 7) is 10.8. The summed E-state index contributed by atoms with van der Waals surface area (Å²) >= 11 is 10.5. The van der Waals surface area contributed by atoms with E-state index in [9.17, 15) is 0 Å². The highest BCUT2D eigenvalue weighted by Gasteiger charge is 2.53. The molecule has 0 aliphatic heterocycles. The Kier molecular flexibility index (Phi) is 8.69. The smallest absolute Gasteiger partial charge is 0.155 e. The van der Waals surface area contributed by atoms with Crippen molar-refractivity contribution in [3.63, 3.8) is 0 Å². The number of aromatic nitrogens is 4. The number of hydrogen-bond donors (Lipinski definition) is 0. The van der Waals surface area contributed by atoms with Gasteiger partial charge >= 0.3 is 0 Å². The normalized spacial score (nSPS) is 14.3. The van der Waals surface area contributed by atoms with Crippen molar-refractivity contribution in [2.24, 2.45) is 0 Å². The van der Waals surface area contributed by atoms with Crippen molar-refractivity contribution >= 4 is 96.7 Å². The largest absolute Gasteiger partial charge is 0.232 e. The molecule has 0 bridgehead atoms. The third kappa shape index (κ3) is 5.66. The number of rotatable bonds is 6. The van der Waals surface area contributed by atoms with Crippen molar-refractivity contribution in [1.82, 2.24) is 19.9 Å². The summed E-state index contributed by atoms with van der Waals surface area (Å²) in [5.41, 5.74) is 21.0. The van der Waals surface area contributed by atoms with E-state index in [-0.39, 0.29) is 0 Å². The highest BCUT2D eigenvalue weighted by Crippen LogP contribution is 2.66. The van der Waals surface area contributed by atoms with E-state index < -0.39 is 10.8 Å². The van der Waals surface area contributed by atoms with E-state index in [4.69, 9.17) is 15.0 Å². The predicted molar refractivity (Wildman–Crippen MR) is 287 cm³/mol. The zero-order valence-electron chi connectivity index (χ0n) is 37.0. The predicted octanol–water partition coefficient (Wildman–Crippen LogP) is 16.7. The van der Waals surface area contributed by atoms with Crippen molar-refractivity contribution < 1.29 is 0 Å². The molecule has 4 nitrogen and oxygen atoms in total. The maximum absolute atomic E-state index is 5.15. The molecule has 322 valence electrons. The van der Waals surface area contributed by atoms with Gasteiger partial charge in [0.25, 0.3) is 0 Å². The van der Waals surface area contributed by atoms with Crippen LogP contribution >= 0.6 is 68.0 Å². The molecule has 6 aromatic heterocycles. The summed E-state index contributed by atoms with van der Waals surface area (Å²) < 4.78 is 2.64. The van der Waals surface area contributed by atoms with Gasteiger partial charge in [0.2, 0.25) is 0 Å². The number of thiazole rings is 4. The lowest BCUT2D eigenvalue weighted by atomic mass is 9.65. The second-order valence-electron chi connectivity index (χ2n) is 18.1. The number of nitrogens with zero attached hydrogens (tertiary/aromatic N) is 4. The summed E-state index contributed by atoms with van der Waals surface area (Å²) in [5, 5.41) is 3.11. The number of aryl methyl sites for hydroxylation is 5. The Bertz CT molecular complexity index is 3820. The quantitative estimate of drug-likeness (QED) is 0.167. The first kappa shape index (κ1) is 40.1. The van der Waals surface area contributed by atoms with Gasteiger partial charge in [0, 0.05) is 20.7 Å². The van der Waals surface area contributed by atoms with Crippen LogP contribution in [-0.2, 0) is 10.8 Å². The number of thiophene rings is 2.